The molecule has 0 saturated heterocycles. The standard InChI is InChI=1S/C16H10N2O3/c1-18-13-11(17-16(18)21)7-6-10-12(13)15(20)9-5-3-2-4-8(9)14(10)19/h2-7H,1H3,(H,17,21). The molecule has 5 heteroatoms. The van der Waals surface area contributed by atoms with Crippen molar-refractivity contribution in [3.8, 4) is 0 Å². The van der Waals surface area contributed by atoms with Crippen molar-refractivity contribution >= 4 is 22.6 Å². The van der Waals surface area contributed by atoms with E-state index >= 15 is 0 Å². The first-order valence-electron chi connectivity index (χ1n) is 6.49. The number of ketones is 2. The van der Waals surface area contributed by atoms with E-state index in [1.165, 1.54) is 4.57 Å². The van der Waals surface area contributed by atoms with Gasteiger partial charge in [0.1, 0.15) is 0 Å². The largest absolute Gasteiger partial charge is 0.326 e. The van der Waals surface area contributed by atoms with E-state index in [1.807, 2.05) is 0 Å². The molecule has 2 aromatic carbocycles. The number of carbonyl (C=O) groups is 2. The van der Waals surface area contributed by atoms with Crippen LogP contribution in [0.15, 0.2) is 41.2 Å². The molecule has 0 aliphatic heterocycles. The third kappa shape index (κ3) is 1.37. The van der Waals surface area contributed by atoms with E-state index < -0.39 is 0 Å². The summed E-state index contributed by atoms with van der Waals surface area (Å²) in [6.07, 6.45) is 0. The van der Waals surface area contributed by atoms with Gasteiger partial charge in [0, 0.05) is 23.7 Å². The van der Waals surface area contributed by atoms with Gasteiger partial charge >= 0.3 is 5.69 Å². The molecule has 5 nitrogen and oxygen atoms in total. The molecular weight excluding hydrogens is 268 g/mol. The number of rotatable bonds is 0. The second-order valence-corrected chi connectivity index (χ2v) is 5.08. The van der Waals surface area contributed by atoms with Gasteiger partial charge in [0.25, 0.3) is 0 Å². The quantitative estimate of drug-likeness (QED) is 0.531. The lowest BCUT2D eigenvalue weighted by Crippen LogP contribution is -2.22. The predicted octanol–water partition coefficient (Wildman–Crippen LogP) is 1.64. The zero-order valence-corrected chi connectivity index (χ0v) is 11.1. The Morgan fingerprint density at radius 3 is 2.24 bits per heavy atom. The van der Waals surface area contributed by atoms with Gasteiger partial charge in [-0.15, -0.1) is 0 Å². The third-order valence-electron chi connectivity index (χ3n) is 3.95. The van der Waals surface area contributed by atoms with Crippen molar-refractivity contribution in [1.82, 2.24) is 9.55 Å². The normalized spacial score (nSPS) is 13.4. The molecule has 1 aromatic heterocycles. The van der Waals surface area contributed by atoms with Crippen LogP contribution in [0.25, 0.3) is 11.0 Å². The molecule has 1 heterocycles. The average Bonchev–Trinajstić information content (AvgIpc) is 2.79. The van der Waals surface area contributed by atoms with Gasteiger partial charge < -0.3 is 4.98 Å². The lowest BCUT2D eigenvalue weighted by molar-refractivity contribution is 0.0980. The Morgan fingerprint density at radius 2 is 1.52 bits per heavy atom. The summed E-state index contributed by atoms with van der Waals surface area (Å²) in [6.45, 7) is 0. The summed E-state index contributed by atoms with van der Waals surface area (Å²) in [7, 11) is 1.58. The lowest BCUT2D eigenvalue weighted by atomic mass is 9.83. The van der Waals surface area contributed by atoms with Crippen LogP contribution < -0.4 is 5.69 Å². The summed E-state index contributed by atoms with van der Waals surface area (Å²) in [4.78, 5) is 39.8. The molecule has 1 N–H and O–H groups in total. The first-order valence-corrected chi connectivity index (χ1v) is 6.49. The summed E-state index contributed by atoms with van der Waals surface area (Å²) >= 11 is 0. The Kier molecular flexibility index (Phi) is 2.14. The minimum absolute atomic E-state index is 0.184. The van der Waals surface area contributed by atoms with Crippen molar-refractivity contribution in [3.63, 3.8) is 0 Å². The highest BCUT2D eigenvalue weighted by atomic mass is 16.1. The van der Waals surface area contributed by atoms with E-state index in [2.05, 4.69) is 4.98 Å². The number of aromatic nitrogens is 2. The molecule has 21 heavy (non-hydrogen) atoms. The fraction of sp³-hybridized carbons (Fsp3) is 0.0625. The number of carbonyl (C=O) groups excluding carboxylic acids is 2. The van der Waals surface area contributed by atoms with Gasteiger partial charge in [0.15, 0.2) is 11.6 Å². The minimum Gasteiger partial charge on any atom is -0.306 e. The van der Waals surface area contributed by atoms with Crippen molar-refractivity contribution in [2.75, 3.05) is 0 Å². The SMILES string of the molecule is Cn1c(=O)[nH]c2ccc3c(c21)C(=O)c1ccccc1C3=O. The van der Waals surface area contributed by atoms with E-state index in [-0.39, 0.29) is 17.3 Å². The fourth-order valence-electron chi connectivity index (χ4n) is 2.92. The molecule has 0 saturated carbocycles. The van der Waals surface area contributed by atoms with Crippen LogP contribution in [-0.4, -0.2) is 21.1 Å². The molecule has 1 aliphatic rings. The number of hydrogen-bond donors (Lipinski definition) is 1. The number of nitrogens with one attached hydrogen (secondary N) is 1. The van der Waals surface area contributed by atoms with Crippen LogP contribution in [0.3, 0.4) is 0 Å². The number of fused-ring (bicyclic) bond motifs is 4. The maximum atomic E-state index is 12.7. The zero-order valence-electron chi connectivity index (χ0n) is 11.1. The summed E-state index contributed by atoms with van der Waals surface area (Å²) in [5, 5.41) is 0. The van der Waals surface area contributed by atoms with Gasteiger partial charge in [0.05, 0.1) is 16.6 Å². The summed E-state index contributed by atoms with van der Waals surface area (Å²) < 4.78 is 1.37. The van der Waals surface area contributed by atoms with E-state index in [0.29, 0.717) is 33.3 Å². The Balaban J connectivity index is 2.19. The molecule has 0 amide bonds. The fourth-order valence-corrected chi connectivity index (χ4v) is 2.92. The van der Waals surface area contributed by atoms with Crippen molar-refractivity contribution < 1.29 is 9.59 Å². The third-order valence-corrected chi connectivity index (χ3v) is 3.95. The Morgan fingerprint density at radius 1 is 0.857 bits per heavy atom. The summed E-state index contributed by atoms with van der Waals surface area (Å²) in [5.74, 6) is -0.406. The number of benzene rings is 2. The molecular formula is C16H10N2O3. The van der Waals surface area contributed by atoms with Crippen LogP contribution in [0.4, 0.5) is 0 Å². The molecule has 3 aromatic rings. The van der Waals surface area contributed by atoms with Crippen LogP contribution in [0, 0.1) is 0 Å². The van der Waals surface area contributed by atoms with Crippen molar-refractivity contribution in [3.05, 3.63) is 69.1 Å². The maximum absolute atomic E-state index is 12.7. The van der Waals surface area contributed by atoms with Gasteiger partial charge in [-0.3, -0.25) is 14.2 Å². The molecule has 4 rings (SSSR count). The highest BCUT2D eigenvalue weighted by Gasteiger charge is 2.32. The monoisotopic (exact) mass is 278 g/mol. The molecule has 0 atom stereocenters. The van der Waals surface area contributed by atoms with Crippen LogP contribution in [-0.2, 0) is 7.05 Å². The number of aryl methyl sites for hydroxylation is 1. The first-order chi connectivity index (χ1) is 10.1. The Labute approximate surface area is 118 Å². The number of imidazole rings is 1. The Hall–Kier alpha value is -2.95. The highest BCUT2D eigenvalue weighted by Crippen LogP contribution is 2.31. The van der Waals surface area contributed by atoms with Crippen LogP contribution in [0.5, 0.6) is 0 Å². The minimum atomic E-state index is -0.308. The number of nitrogens with zero attached hydrogens (tertiary/aromatic N) is 1. The molecule has 0 spiro atoms. The van der Waals surface area contributed by atoms with E-state index in [0.717, 1.165) is 0 Å². The zero-order chi connectivity index (χ0) is 14.7. The van der Waals surface area contributed by atoms with Crippen LogP contribution >= 0.6 is 0 Å². The van der Waals surface area contributed by atoms with Gasteiger partial charge in [0.2, 0.25) is 0 Å². The number of aromatic amines is 1. The van der Waals surface area contributed by atoms with Gasteiger partial charge in [-0.1, -0.05) is 24.3 Å². The molecule has 0 bridgehead atoms. The van der Waals surface area contributed by atoms with Crippen molar-refractivity contribution in [2.24, 2.45) is 7.05 Å². The predicted molar refractivity (Wildman–Crippen MR) is 76.8 cm³/mol. The maximum Gasteiger partial charge on any atom is 0.326 e. The highest BCUT2D eigenvalue weighted by molar-refractivity contribution is 6.31. The molecule has 102 valence electrons. The second-order valence-electron chi connectivity index (χ2n) is 5.08. The molecule has 0 radical (unpaired) electrons. The Bertz CT molecular complexity index is 1010. The van der Waals surface area contributed by atoms with Crippen molar-refractivity contribution in [2.45, 2.75) is 0 Å². The van der Waals surface area contributed by atoms with E-state index in [1.54, 1.807) is 43.4 Å². The molecule has 0 fully saturated rings. The molecule has 1 aliphatic carbocycles. The summed E-state index contributed by atoms with van der Waals surface area (Å²) in [5.41, 5.74) is 2.17. The summed E-state index contributed by atoms with van der Waals surface area (Å²) in [6, 6.07) is 10.0. The van der Waals surface area contributed by atoms with E-state index in [4.69, 9.17) is 0 Å². The first kappa shape index (κ1) is 11.8. The van der Waals surface area contributed by atoms with Crippen LogP contribution in [0.1, 0.15) is 31.8 Å². The number of hydrogen-bond acceptors (Lipinski definition) is 3. The number of H-pyrrole nitrogens is 1. The second kappa shape index (κ2) is 3.79. The average molecular weight is 278 g/mol. The smallest absolute Gasteiger partial charge is 0.306 e. The van der Waals surface area contributed by atoms with Crippen LogP contribution in [0.2, 0.25) is 0 Å². The van der Waals surface area contributed by atoms with Crippen molar-refractivity contribution in [1.29, 1.82) is 0 Å². The lowest BCUT2D eigenvalue weighted by Gasteiger charge is -2.18. The topological polar surface area (TPSA) is 71.9 Å². The molecule has 0 unspecified atom stereocenters. The van der Waals surface area contributed by atoms with E-state index in [9.17, 15) is 14.4 Å². The van der Waals surface area contributed by atoms with Gasteiger partial charge in [-0.2, -0.15) is 0 Å². The van der Waals surface area contributed by atoms with Gasteiger partial charge in [-0.25, -0.2) is 4.79 Å². The van der Waals surface area contributed by atoms with Gasteiger partial charge in [-0.05, 0) is 12.1 Å².